The van der Waals surface area contributed by atoms with E-state index in [1.54, 1.807) is 12.1 Å². The topological polar surface area (TPSA) is 43.8 Å². The number of aromatic nitrogens is 2. The van der Waals surface area contributed by atoms with E-state index in [1.807, 2.05) is 6.20 Å². The standard InChI is InChI=1S/C13H14FN3.ClH/c14-10-3-1-9(2-4-10)13-16-7-12-6-5-11(15)8-17(12)13;/h1-4,7,11H,5-6,8,15H2;1H. The molecular formula is C13H15ClFN3. The van der Waals surface area contributed by atoms with E-state index in [-0.39, 0.29) is 24.3 Å². The van der Waals surface area contributed by atoms with E-state index >= 15 is 0 Å². The third-order valence-electron chi connectivity index (χ3n) is 3.23. The maximum absolute atomic E-state index is 12.9. The molecule has 0 amide bonds. The van der Waals surface area contributed by atoms with Gasteiger partial charge in [0.15, 0.2) is 0 Å². The van der Waals surface area contributed by atoms with Crippen molar-refractivity contribution in [1.29, 1.82) is 0 Å². The molecule has 0 aliphatic carbocycles. The number of hydrogen-bond acceptors (Lipinski definition) is 2. The van der Waals surface area contributed by atoms with Gasteiger partial charge in [0.1, 0.15) is 11.6 Å². The fourth-order valence-electron chi connectivity index (χ4n) is 2.30. The fraction of sp³-hybridized carbons (Fsp3) is 0.308. The lowest BCUT2D eigenvalue weighted by atomic mass is 10.1. The molecular weight excluding hydrogens is 253 g/mol. The number of nitrogens with two attached hydrogens (primary N) is 1. The zero-order valence-corrected chi connectivity index (χ0v) is 10.7. The summed E-state index contributed by atoms with van der Waals surface area (Å²) in [5, 5.41) is 0. The Kier molecular flexibility index (Phi) is 3.68. The summed E-state index contributed by atoms with van der Waals surface area (Å²) in [6.45, 7) is 0.794. The minimum atomic E-state index is -0.226. The second-order valence-electron chi connectivity index (χ2n) is 4.49. The zero-order valence-electron chi connectivity index (χ0n) is 9.84. The lowest BCUT2D eigenvalue weighted by Crippen LogP contribution is -2.31. The third kappa shape index (κ3) is 2.26. The van der Waals surface area contributed by atoms with Gasteiger partial charge in [0, 0.05) is 30.0 Å². The third-order valence-corrected chi connectivity index (χ3v) is 3.23. The van der Waals surface area contributed by atoms with Gasteiger partial charge in [0.25, 0.3) is 0 Å². The van der Waals surface area contributed by atoms with Crippen LogP contribution in [0.4, 0.5) is 4.39 Å². The Morgan fingerprint density at radius 3 is 2.72 bits per heavy atom. The zero-order chi connectivity index (χ0) is 11.8. The number of aryl methyl sites for hydroxylation is 1. The molecule has 1 aromatic heterocycles. The van der Waals surface area contributed by atoms with Gasteiger partial charge in [0.2, 0.25) is 0 Å². The Morgan fingerprint density at radius 2 is 2.00 bits per heavy atom. The van der Waals surface area contributed by atoms with Gasteiger partial charge in [-0.3, -0.25) is 0 Å². The molecule has 1 aromatic carbocycles. The summed E-state index contributed by atoms with van der Waals surface area (Å²) in [6.07, 6.45) is 3.87. The maximum Gasteiger partial charge on any atom is 0.140 e. The van der Waals surface area contributed by atoms with Crippen LogP contribution in [0.2, 0.25) is 0 Å². The predicted molar refractivity (Wildman–Crippen MR) is 71.2 cm³/mol. The van der Waals surface area contributed by atoms with Crippen LogP contribution in [0, 0.1) is 5.82 Å². The first-order chi connectivity index (χ1) is 8.24. The monoisotopic (exact) mass is 267 g/mol. The molecule has 1 aliphatic heterocycles. The Labute approximate surface area is 111 Å². The summed E-state index contributed by atoms with van der Waals surface area (Å²) in [7, 11) is 0. The van der Waals surface area contributed by atoms with E-state index in [2.05, 4.69) is 9.55 Å². The van der Waals surface area contributed by atoms with Gasteiger partial charge in [-0.1, -0.05) is 0 Å². The van der Waals surface area contributed by atoms with Gasteiger partial charge in [-0.05, 0) is 37.1 Å². The van der Waals surface area contributed by atoms with E-state index in [1.165, 1.54) is 17.8 Å². The van der Waals surface area contributed by atoms with Crippen LogP contribution in [0.15, 0.2) is 30.5 Å². The van der Waals surface area contributed by atoms with Gasteiger partial charge in [-0.2, -0.15) is 0 Å². The van der Waals surface area contributed by atoms with Crippen molar-refractivity contribution >= 4 is 12.4 Å². The van der Waals surface area contributed by atoms with E-state index < -0.39 is 0 Å². The molecule has 0 saturated heterocycles. The Balaban J connectivity index is 0.00000120. The molecule has 96 valence electrons. The first-order valence-corrected chi connectivity index (χ1v) is 5.80. The van der Waals surface area contributed by atoms with Crippen LogP contribution in [0.5, 0.6) is 0 Å². The van der Waals surface area contributed by atoms with Crippen molar-refractivity contribution in [3.8, 4) is 11.4 Å². The highest BCUT2D eigenvalue weighted by molar-refractivity contribution is 5.85. The highest BCUT2D eigenvalue weighted by Crippen LogP contribution is 2.24. The average Bonchev–Trinajstić information content (AvgIpc) is 2.73. The van der Waals surface area contributed by atoms with Crippen molar-refractivity contribution in [2.24, 2.45) is 5.73 Å². The van der Waals surface area contributed by atoms with Crippen LogP contribution in [0.1, 0.15) is 12.1 Å². The van der Waals surface area contributed by atoms with E-state index in [0.29, 0.717) is 0 Å². The second kappa shape index (κ2) is 5.08. The van der Waals surface area contributed by atoms with Crippen molar-refractivity contribution in [3.05, 3.63) is 42.0 Å². The normalized spacial score (nSPS) is 18.0. The number of imidazole rings is 1. The summed E-state index contributed by atoms with van der Waals surface area (Å²) >= 11 is 0. The summed E-state index contributed by atoms with van der Waals surface area (Å²) < 4.78 is 15.0. The number of nitrogens with zero attached hydrogens (tertiary/aromatic N) is 2. The van der Waals surface area contributed by atoms with Crippen LogP contribution < -0.4 is 5.73 Å². The Morgan fingerprint density at radius 1 is 1.28 bits per heavy atom. The van der Waals surface area contributed by atoms with Crippen LogP contribution in [0.25, 0.3) is 11.4 Å². The van der Waals surface area contributed by atoms with Crippen molar-refractivity contribution in [3.63, 3.8) is 0 Å². The molecule has 1 aliphatic rings. The number of benzene rings is 1. The number of rotatable bonds is 1. The average molecular weight is 268 g/mol. The molecule has 2 N–H and O–H groups in total. The fourth-order valence-corrected chi connectivity index (χ4v) is 2.30. The van der Waals surface area contributed by atoms with Crippen molar-refractivity contribution in [1.82, 2.24) is 9.55 Å². The molecule has 18 heavy (non-hydrogen) atoms. The summed E-state index contributed by atoms with van der Waals surface area (Å²) in [5.74, 6) is 0.658. The highest BCUT2D eigenvalue weighted by Gasteiger charge is 2.19. The van der Waals surface area contributed by atoms with Gasteiger partial charge in [0.05, 0.1) is 0 Å². The van der Waals surface area contributed by atoms with Crippen LogP contribution in [-0.2, 0) is 13.0 Å². The SMILES string of the molecule is Cl.NC1CCc2cnc(-c3ccc(F)cc3)n2C1. The molecule has 1 unspecified atom stereocenters. The van der Waals surface area contributed by atoms with Crippen LogP contribution >= 0.6 is 12.4 Å². The molecule has 3 rings (SSSR count). The lowest BCUT2D eigenvalue weighted by Gasteiger charge is -2.22. The van der Waals surface area contributed by atoms with Gasteiger partial charge >= 0.3 is 0 Å². The molecule has 0 fully saturated rings. The number of halogens is 2. The molecule has 3 nitrogen and oxygen atoms in total. The first-order valence-electron chi connectivity index (χ1n) is 5.80. The second-order valence-corrected chi connectivity index (χ2v) is 4.49. The number of hydrogen-bond donors (Lipinski definition) is 1. The molecule has 1 atom stereocenters. The minimum Gasteiger partial charge on any atom is -0.327 e. The van der Waals surface area contributed by atoms with E-state index in [9.17, 15) is 4.39 Å². The molecule has 5 heteroatoms. The van der Waals surface area contributed by atoms with Crippen molar-refractivity contribution in [2.45, 2.75) is 25.4 Å². The van der Waals surface area contributed by atoms with Crippen LogP contribution in [-0.4, -0.2) is 15.6 Å². The molecule has 0 bridgehead atoms. The van der Waals surface area contributed by atoms with Crippen LogP contribution in [0.3, 0.4) is 0 Å². The van der Waals surface area contributed by atoms with E-state index in [0.717, 1.165) is 30.8 Å². The summed E-state index contributed by atoms with van der Waals surface area (Å²) in [6, 6.07) is 6.62. The molecule has 2 aromatic rings. The first kappa shape index (κ1) is 13.1. The largest absolute Gasteiger partial charge is 0.327 e. The summed E-state index contributed by atoms with van der Waals surface area (Å²) in [4.78, 5) is 4.42. The van der Waals surface area contributed by atoms with Gasteiger partial charge < -0.3 is 10.3 Å². The lowest BCUT2D eigenvalue weighted by molar-refractivity contribution is 0.463. The smallest absolute Gasteiger partial charge is 0.140 e. The number of fused-ring (bicyclic) bond motifs is 1. The Hall–Kier alpha value is -1.39. The van der Waals surface area contributed by atoms with Crippen molar-refractivity contribution in [2.75, 3.05) is 0 Å². The quantitative estimate of drug-likeness (QED) is 0.862. The summed E-state index contributed by atoms with van der Waals surface area (Å²) in [5.41, 5.74) is 8.12. The highest BCUT2D eigenvalue weighted by atomic mass is 35.5. The van der Waals surface area contributed by atoms with E-state index in [4.69, 9.17) is 5.73 Å². The molecule has 0 radical (unpaired) electrons. The van der Waals surface area contributed by atoms with Crippen molar-refractivity contribution < 1.29 is 4.39 Å². The van der Waals surface area contributed by atoms with Gasteiger partial charge in [-0.25, -0.2) is 9.37 Å². The molecule has 0 saturated carbocycles. The Bertz CT molecular complexity index is 536. The molecule has 0 spiro atoms. The molecule has 2 heterocycles. The van der Waals surface area contributed by atoms with Gasteiger partial charge in [-0.15, -0.1) is 12.4 Å². The minimum absolute atomic E-state index is 0. The maximum atomic E-state index is 12.9. The predicted octanol–water partition coefficient (Wildman–Crippen LogP) is 2.38.